The molecule has 0 radical (unpaired) electrons. The van der Waals surface area contributed by atoms with Gasteiger partial charge in [0.25, 0.3) is 0 Å². The lowest BCUT2D eigenvalue weighted by molar-refractivity contribution is 0.386. The number of aromatic nitrogens is 6. The van der Waals surface area contributed by atoms with Gasteiger partial charge in [0, 0.05) is 25.2 Å². The molecule has 0 spiro atoms. The molecule has 1 aliphatic rings. The zero-order chi connectivity index (χ0) is 25.0. The van der Waals surface area contributed by atoms with Gasteiger partial charge in [-0.05, 0) is 35.9 Å². The van der Waals surface area contributed by atoms with Gasteiger partial charge >= 0.3 is 0 Å². The summed E-state index contributed by atoms with van der Waals surface area (Å²) in [6.07, 6.45) is 0.582. The zero-order valence-electron chi connectivity index (χ0n) is 18.4. The zero-order valence-corrected chi connectivity index (χ0v) is 20.1. The molecule has 2 aromatic heterocycles. The minimum absolute atomic E-state index is 0.116. The molecule has 0 amide bonds. The minimum atomic E-state index is -4.60. The second-order valence-electron chi connectivity index (χ2n) is 8.09. The number of imidazole rings is 1. The van der Waals surface area contributed by atoms with Crippen LogP contribution in [0.5, 0.6) is 0 Å². The van der Waals surface area contributed by atoms with Crippen LogP contribution in [-0.4, -0.2) is 77.9 Å². The van der Waals surface area contributed by atoms with Crippen LogP contribution < -0.4 is 16.2 Å². The first kappa shape index (κ1) is 23.3. The molecule has 3 heterocycles. The fraction of sp³-hybridized carbons (Fsp3) is 0.263. The van der Waals surface area contributed by atoms with Crippen molar-refractivity contribution in [2.24, 2.45) is 5.14 Å². The van der Waals surface area contributed by atoms with Crippen molar-refractivity contribution in [3.05, 3.63) is 30.3 Å². The SMILES string of the molecule is CN([C@H]1CCNC1)S(=O)(=O)c1ccc(-c2cccc3[nH]c(N)nc23)c(-c2nn[nH]n2)c1S(N)(=O)=O. The van der Waals surface area contributed by atoms with E-state index in [-0.39, 0.29) is 28.9 Å². The molecule has 0 saturated carbocycles. The highest BCUT2D eigenvalue weighted by atomic mass is 32.2. The standard InChI is InChI=1S/C19H22N10O4S2/c1-29(10-7-8-22-9-10)35(32,33)14-6-5-11(12-3-2-4-13-16(12)24-19(20)23-13)15(17(14)34(21,30)31)18-25-27-28-26-18/h2-6,10,22H,7-9H2,1H3,(H3,20,23,24)(H2,21,30,31)(H,25,26,27,28)/t10-/m0/s1. The first-order chi connectivity index (χ1) is 16.6. The highest BCUT2D eigenvalue weighted by Crippen LogP contribution is 2.41. The monoisotopic (exact) mass is 518 g/mol. The molecule has 7 N–H and O–H groups in total. The molecular formula is C19H22N10O4S2. The molecule has 4 aromatic rings. The second kappa shape index (κ2) is 8.35. The molecule has 5 rings (SSSR count). The van der Waals surface area contributed by atoms with E-state index in [1.807, 2.05) is 0 Å². The average Bonchev–Trinajstić information content (AvgIpc) is 3.58. The van der Waals surface area contributed by atoms with Crippen molar-refractivity contribution >= 4 is 37.0 Å². The first-order valence-corrected chi connectivity index (χ1v) is 13.4. The molecule has 1 aliphatic heterocycles. The number of benzene rings is 2. The van der Waals surface area contributed by atoms with E-state index < -0.39 is 29.8 Å². The number of fused-ring (bicyclic) bond motifs is 1. The Balaban J connectivity index is 1.85. The molecule has 1 atom stereocenters. The Kier molecular flexibility index (Phi) is 5.56. The number of primary sulfonamides is 1. The fourth-order valence-corrected chi connectivity index (χ4v) is 7.29. The summed E-state index contributed by atoms with van der Waals surface area (Å²) in [6, 6.07) is 7.52. The van der Waals surface area contributed by atoms with Crippen molar-refractivity contribution in [2.75, 3.05) is 25.9 Å². The number of tetrazole rings is 1. The maximum absolute atomic E-state index is 13.7. The summed E-state index contributed by atoms with van der Waals surface area (Å²) in [4.78, 5) is 6.10. The smallest absolute Gasteiger partial charge is 0.244 e. The molecular weight excluding hydrogens is 496 g/mol. The van der Waals surface area contributed by atoms with E-state index in [1.165, 1.54) is 19.2 Å². The minimum Gasteiger partial charge on any atom is -0.369 e. The molecule has 2 aromatic carbocycles. The molecule has 0 bridgehead atoms. The summed E-state index contributed by atoms with van der Waals surface area (Å²) in [6.45, 7) is 1.09. The normalized spacial score (nSPS) is 16.9. The summed E-state index contributed by atoms with van der Waals surface area (Å²) in [5.74, 6) is 0.0120. The molecule has 0 unspecified atom stereocenters. The van der Waals surface area contributed by atoms with E-state index in [4.69, 9.17) is 10.9 Å². The molecule has 0 aliphatic carbocycles. The van der Waals surface area contributed by atoms with Crippen molar-refractivity contribution in [3.8, 4) is 22.5 Å². The van der Waals surface area contributed by atoms with Gasteiger partial charge in [-0.2, -0.15) is 9.52 Å². The molecule has 16 heteroatoms. The molecule has 14 nitrogen and oxygen atoms in total. The quantitative estimate of drug-likeness (QED) is 0.223. The number of aromatic amines is 2. The summed E-state index contributed by atoms with van der Waals surface area (Å²) in [5, 5.41) is 22.4. The number of nitrogens with two attached hydrogens (primary N) is 2. The van der Waals surface area contributed by atoms with Crippen LogP contribution in [0.25, 0.3) is 33.5 Å². The van der Waals surface area contributed by atoms with Gasteiger partial charge in [0.1, 0.15) is 9.79 Å². The lowest BCUT2D eigenvalue weighted by atomic mass is 9.98. The van der Waals surface area contributed by atoms with E-state index in [0.29, 0.717) is 36.1 Å². The number of para-hydroxylation sites is 1. The third kappa shape index (κ3) is 3.94. The van der Waals surface area contributed by atoms with Gasteiger partial charge in [-0.3, -0.25) is 0 Å². The van der Waals surface area contributed by atoms with Crippen LogP contribution in [0.3, 0.4) is 0 Å². The summed E-state index contributed by atoms with van der Waals surface area (Å²) < 4.78 is 54.4. The number of hydrogen-bond donors (Lipinski definition) is 5. The van der Waals surface area contributed by atoms with Crippen LogP contribution in [0.1, 0.15) is 6.42 Å². The third-order valence-corrected chi connectivity index (χ3v) is 9.08. The van der Waals surface area contributed by atoms with Crippen molar-refractivity contribution in [1.29, 1.82) is 0 Å². The van der Waals surface area contributed by atoms with Gasteiger partial charge in [0.05, 0.1) is 16.6 Å². The van der Waals surface area contributed by atoms with Crippen molar-refractivity contribution < 1.29 is 16.8 Å². The molecule has 1 saturated heterocycles. The summed E-state index contributed by atoms with van der Waals surface area (Å²) in [5.41, 5.74) is 7.52. The lowest BCUT2D eigenvalue weighted by Crippen LogP contribution is -2.39. The second-order valence-corrected chi connectivity index (χ2v) is 11.6. The third-order valence-electron chi connectivity index (χ3n) is 6.00. The van der Waals surface area contributed by atoms with Crippen LogP contribution in [-0.2, 0) is 20.0 Å². The molecule has 35 heavy (non-hydrogen) atoms. The Morgan fingerprint density at radius 1 is 1.11 bits per heavy atom. The predicted molar refractivity (Wildman–Crippen MR) is 127 cm³/mol. The van der Waals surface area contributed by atoms with Crippen LogP contribution in [0.4, 0.5) is 5.95 Å². The average molecular weight is 519 g/mol. The first-order valence-electron chi connectivity index (χ1n) is 10.5. The number of nitrogens with zero attached hydrogens (tertiary/aromatic N) is 5. The van der Waals surface area contributed by atoms with E-state index in [0.717, 1.165) is 4.31 Å². The highest BCUT2D eigenvalue weighted by molar-refractivity contribution is 7.92. The Morgan fingerprint density at radius 3 is 2.57 bits per heavy atom. The van der Waals surface area contributed by atoms with Crippen LogP contribution in [0, 0.1) is 0 Å². The predicted octanol–water partition coefficient (Wildman–Crippen LogP) is -0.378. The lowest BCUT2D eigenvalue weighted by Gasteiger charge is -2.25. The van der Waals surface area contributed by atoms with Crippen molar-refractivity contribution in [3.63, 3.8) is 0 Å². The summed E-state index contributed by atoms with van der Waals surface area (Å²) >= 11 is 0. The van der Waals surface area contributed by atoms with E-state index in [1.54, 1.807) is 18.2 Å². The number of nitrogen functional groups attached to an aromatic ring is 1. The number of likely N-dealkylation sites (N-methyl/N-ethyl adjacent to an activating group) is 1. The van der Waals surface area contributed by atoms with Crippen LogP contribution >= 0.6 is 0 Å². The maximum atomic E-state index is 13.7. The van der Waals surface area contributed by atoms with E-state index in [9.17, 15) is 16.8 Å². The molecule has 184 valence electrons. The van der Waals surface area contributed by atoms with Gasteiger partial charge in [0.15, 0.2) is 5.95 Å². The Bertz CT molecular complexity index is 1630. The summed E-state index contributed by atoms with van der Waals surface area (Å²) in [7, 11) is -7.47. The molecule has 1 fully saturated rings. The number of nitrogens with one attached hydrogen (secondary N) is 3. The maximum Gasteiger partial charge on any atom is 0.244 e. The van der Waals surface area contributed by atoms with Gasteiger partial charge in [-0.15, -0.1) is 10.2 Å². The van der Waals surface area contributed by atoms with Gasteiger partial charge in [-0.25, -0.2) is 27.0 Å². The number of rotatable bonds is 6. The Morgan fingerprint density at radius 2 is 1.91 bits per heavy atom. The van der Waals surface area contributed by atoms with Crippen LogP contribution in [0.2, 0.25) is 0 Å². The number of hydrogen-bond acceptors (Lipinski definition) is 10. The van der Waals surface area contributed by atoms with Crippen molar-refractivity contribution in [1.82, 2.24) is 40.2 Å². The fourth-order valence-electron chi connectivity index (χ4n) is 4.33. The number of H-pyrrole nitrogens is 2. The Labute approximate surface area is 200 Å². The number of sulfonamides is 2. The van der Waals surface area contributed by atoms with E-state index >= 15 is 0 Å². The van der Waals surface area contributed by atoms with Gasteiger partial charge in [0.2, 0.25) is 25.9 Å². The highest BCUT2D eigenvalue weighted by Gasteiger charge is 2.37. The largest absolute Gasteiger partial charge is 0.369 e. The van der Waals surface area contributed by atoms with E-state index in [2.05, 4.69) is 35.9 Å². The number of anilines is 1. The van der Waals surface area contributed by atoms with Gasteiger partial charge < -0.3 is 16.0 Å². The van der Waals surface area contributed by atoms with Gasteiger partial charge in [-0.1, -0.05) is 18.2 Å². The Hall–Kier alpha value is -3.44. The van der Waals surface area contributed by atoms with Crippen LogP contribution in [0.15, 0.2) is 40.1 Å². The van der Waals surface area contributed by atoms with Crippen molar-refractivity contribution in [2.45, 2.75) is 22.3 Å². The topological polar surface area (TPSA) is 219 Å².